The van der Waals surface area contributed by atoms with E-state index in [0.29, 0.717) is 11.3 Å². The van der Waals surface area contributed by atoms with Crippen molar-refractivity contribution in [3.8, 4) is 0 Å². The molecular weight excluding hydrogens is 382 g/mol. The van der Waals surface area contributed by atoms with Crippen molar-refractivity contribution in [2.45, 2.75) is 33.7 Å². The van der Waals surface area contributed by atoms with Crippen LogP contribution in [-0.2, 0) is 14.3 Å². The highest BCUT2D eigenvalue weighted by Gasteiger charge is 2.44. The van der Waals surface area contributed by atoms with E-state index >= 15 is 0 Å². The second-order valence-electron chi connectivity index (χ2n) is 7.54. The lowest BCUT2D eigenvalue weighted by Gasteiger charge is -2.27. The lowest BCUT2D eigenvalue weighted by molar-refractivity contribution is -0.119. The zero-order chi connectivity index (χ0) is 22.0. The third kappa shape index (κ3) is 3.85. The van der Waals surface area contributed by atoms with Crippen molar-refractivity contribution in [2.24, 2.45) is 5.92 Å². The van der Waals surface area contributed by atoms with Crippen LogP contribution in [0.15, 0.2) is 59.9 Å². The van der Waals surface area contributed by atoms with Gasteiger partial charge in [-0.15, -0.1) is 0 Å². The highest BCUT2D eigenvalue weighted by Crippen LogP contribution is 2.42. The molecule has 0 radical (unpaired) electrons. The molecule has 0 spiro atoms. The molecule has 0 fully saturated rings. The molecule has 6 nitrogen and oxygen atoms in total. The van der Waals surface area contributed by atoms with Gasteiger partial charge < -0.3 is 9.84 Å². The molecule has 0 saturated heterocycles. The monoisotopic (exact) mass is 407 g/mol. The minimum absolute atomic E-state index is 0.0927. The predicted molar refractivity (Wildman–Crippen MR) is 113 cm³/mol. The molecule has 1 aliphatic heterocycles. The van der Waals surface area contributed by atoms with Gasteiger partial charge >= 0.3 is 5.97 Å². The first-order chi connectivity index (χ1) is 14.3. The van der Waals surface area contributed by atoms with Crippen LogP contribution < -0.4 is 4.90 Å². The van der Waals surface area contributed by atoms with Crippen molar-refractivity contribution in [2.75, 3.05) is 11.5 Å². The first-order valence-corrected chi connectivity index (χ1v) is 9.90. The molecule has 0 aliphatic carbocycles. The number of Topliss-reactive ketones (excluding diaryl/α,β-unsaturated/α-hetero) is 1. The molecular formula is C24H25NO5. The quantitative estimate of drug-likeness (QED) is 0.722. The molecule has 3 rings (SSSR count). The first kappa shape index (κ1) is 21.3. The zero-order valence-corrected chi connectivity index (χ0v) is 17.5. The van der Waals surface area contributed by atoms with E-state index in [2.05, 4.69) is 0 Å². The van der Waals surface area contributed by atoms with E-state index in [1.165, 1.54) is 4.90 Å². The van der Waals surface area contributed by atoms with Crippen LogP contribution in [0.5, 0.6) is 0 Å². The Labute approximate surface area is 175 Å². The van der Waals surface area contributed by atoms with E-state index in [-0.39, 0.29) is 23.9 Å². The number of benzene rings is 2. The van der Waals surface area contributed by atoms with Gasteiger partial charge in [0.25, 0.3) is 5.91 Å². The van der Waals surface area contributed by atoms with Crippen molar-refractivity contribution in [3.05, 3.63) is 76.6 Å². The Morgan fingerprint density at radius 1 is 1.13 bits per heavy atom. The highest BCUT2D eigenvalue weighted by atomic mass is 16.5. The standard InChI is InChI=1S/C24H25NO5/c1-5-30-24(29)16-9-11-18(12-10-16)25-20(17-8-6-7-15(4)13-17)19(21(26)14(2)3)22(27)23(25)28/h6-14,20,27H,5H2,1-4H3. The molecule has 0 bridgehead atoms. The second kappa shape index (κ2) is 8.53. The molecule has 1 atom stereocenters. The first-order valence-electron chi connectivity index (χ1n) is 9.90. The summed E-state index contributed by atoms with van der Waals surface area (Å²) in [4.78, 5) is 39.2. The summed E-state index contributed by atoms with van der Waals surface area (Å²) in [6, 6.07) is 13.1. The van der Waals surface area contributed by atoms with Gasteiger partial charge in [0.1, 0.15) is 0 Å². The van der Waals surface area contributed by atoms with E-state index in [1.54, 1.807) is 45.0 Å². The predicted octanol–water partition coefficient (Wildman–Crippen LogP) is 4.30. The maximum absolute atomic E-state index is 13.0. The fourth-order valence-electron chi connectivity index (χ4n) is 3.56. The number of aliphatic hydroxyl groups is 1. The number of ether oxygens (including phenoxy) is 1. The summed E-state index contributed by atoms with van der Waals surface area (Å²) >= 11 is 0. The summed E-state index contributed by atoms with van der Waals surface area (Å²) in [6.45, 7) is 7.38. The minimum Gasteiger partial charge on any atom is -0.503 e. The van der Waals surface area contributed by atoms with Crippen molar-refractivity contribution in [1.29, 1.82) is 0 Å². The van der Waals surface area contributed by atoms with Gasteiger partial charge in [0, 0.05) is 11.6 Å². The van der Waals surface area contributed by atoms with Crippen molar-refractivity contribution in [3.63, 3.8) is 0 Å². The number of amides is 1. The van der Waals surface area contributed by atoms with Gasteiger partial charge in [-0.25, -0.2) is 4.79 Å². The van der Waals surface area contributed by atoms with E-state index in [9.17, 15) is 19.5 Å². The zero-order valence-electron chi connectivity index (χ0n) is 17.5. The molecule has 1 N–H and O–H groups in total. The van der Waals surface area contributed by atoms with Crippen LogP contribution in [0.2, 0.25) is 0 Å². The molecule has 0 aromatic heterocycles. The van der Waals surface area contributed by atoms with Crippen molar-refractivity contribution < 1.29 is 24.2 Å². The highest BCUT2D eigenvalue weighted by molar-refractivity contribution is 6.17. The normalized spacial score (nSPS) is 16.4. The van der Waals surface area contributed by atoms with Gasteiger partial charge in [0.2, 0.25) is 0 Å². The topological polar surface area (TPSA) is 83.9 Å². The molecule has 0 saturated carbocycles. The lowest BCUT2D eigenvalue weighted by atomic mass is 9.90. The van der Waals surface area contributed by atoms with Gasteiger partial charge in [0.15, 0.2) is 11.5 Å². The number of aryl methyl sites for hydroxylation is 1. The van der Waals surface area contributed by atoms with Gasteiger partial charge in [-0.05, 0) is 43.7 Å². The number of rotatable bonds is 6. The van der Waals surface area contributed by atoms with Gasteiger partial charge in [-0.2, -0.15) is 0 Å². The average molecular weight is 407 g/mol. The van der Waals surface area contributed by atoms with Crippen molar-refractivity contribution in [1.82, 2.24) is 0 Å². The summed E-state index contributed by atoms with van der Waals surface area (Å²) in [6.07, 6.45) is 0. The van der Waals surface area contributed by atoms with Crippen LogP contribution in [0.1, 0.15) is 48.3 Å². The number of carbonyl (C=O) groups excluding carboxylic acids is 3. The largest absolute Gasteiger partial charge is 0.503 e. The van der Waals surface area contributed by atoms with Crippen molar-refractivity contribution >= 4 is 23.3 Å². The number of hydrogen-bond donors (Lipinski definition) is 1. The van der Waals surface area contributed by atoms with Crippen LogP contribution in [-0.4, -0.2) is 29.4 Å². The molecule has 1 amide bonds. The van der Waals surface area contributed by atoms with Crippen LogP contribution in [0.4, 0.5) is 5.69 Å². The summed E-state index contributed by atoms with van der Waals surface area (Å²) < 4.78 is 5.00. The molecule has 2 aromatic rings. The van der Waals surface area contributed by atoms with Crippen LogP contribution in [0.25, 0.3) is 0 Å². The average Bonchev–Trinajstić information content (AvgIpc) is 2.98. The Morgan fingerprint density at radius 3 is 2.37 bits per heavy atom. The molecule has 1 heterocycles. The third-order valence-electron chi connectivity index (χ3n) is 5.01. The maximum atomic E-state index is 13.0. The molecule has 6 heteroatoms. The number of hydrogen-bond acceptors (Lipinski definition) is 5. The lowest BCUT2D eigenvalue weighted by Crippen LogP contribution is -2.31. The maximum Gasteiger partial charge on any atom is 0.338 e. The molecule has 30 heavy (non-hydrogen) atoms. The second-order valence-corrected chi connectivity index (χ2v) is 7.54. The van der Waals surface area contributed by atoms with E-state index < -0.39 is 23.7 Å². The van der Waals surface area contributed by atoms with Gasteiger partial charge in [0.05, 0.1) is 23.8 Å². The molecule has 1 aliphatic rings. The van der Waals surface area contributed by atoms with Gasteiger partial charge in [-0.1, -0.05) is 43.7 Å². The molecule has 1 unspecified atom stereocenters. The number of esters is 1. The number of carbonyl (C=O) groups is 3. The van der Waals surface area contributed by atoms with Gasteiger partial charge in [-0.3, -0.25) is 14.5 Å². The molecule has 2 aromatic carbocycles. The van der Waals surface area contributed by atoms with Crippen LogP contribution in [0, 0.1) is 12.8 Å². The smallest absolute Gasteiger partial charge is 0.338 e. The number of anilines is 1. The number of aliphatic hydroxyl groups excluding tert-OH is 1. The summed E-state index contributed by atoms with van der Waals surface area (Å²) in [5.74, 6) is -2.29. The third-order valence-corrected chi connectivity index (χ3v) is 5.01. The Balaban J connectivity index is 2.10. The SMILES string of the molecule is CCOC(=O)c1ccc(N2C(=O)C(O)=C(C(=O)C(C)C)C2c2cccc(C)c2)cc1. The number of ketones is 1. The number of nitrogens with zero attached hydrogens (tertiary/aromatic N) is 1. The Bertz CT molecular complexity index is 1020. The molecule has 156 valence electrons. The van der Waals surface area contributed by atoms with E-state index in [0.717, 1.165) is 11.1 Å². The summed E-state index contributed by atoms with van der Waals surface area (Å²) in [5, 5.41) is 10.6. The fourth-order valence-corrected chi connectivity index (χ4v) is 3.56. The van der Waals surface area contributed by atoms with E-state index in [4.69, 9.17) is 4.74 Å². The Hall–Kier alpha value is -3.41. The Kier molecular flexibility index (Phi) is 6.06. The van der Waals surface area contributed by atoms with E-state index in [1.807, 2.05) is 31.2 Å². The van der Waals surface area contributed by atoms with Crippen LogP contribution >= 0.6 is 0 Å². The summed E-state index contributed by atoms with van der Waals surface area (Å²) in [5.41, 5.74) is 2.62. The Morgan fingerprint density at radius 2 is 1.80 bits per heavy atom. The minimum atomic E-state index is -0.749. The van der Waals surface area contributed by atoms with Crippen LogP contribution in [0.3, 0.4) is 0 Å². The summed E-state index contributed by atoms with van der Waals surface area (Å²) in [7, 11) is 0. The fraction of sp³-hybridized carbons (Fsp3) is 0.292.